The quantitative estimate of drug-likeness (QED) is 0.583. The summed E-state index contributed by atoms with van der Waals surface area (Å²) in [5, 5.41) is 2.07. The smallest absolute Gasteiger partial charge is 0.414 e. The van der Waals surface area contributed by atoms with Gasteiger partial charge >= 0.3 is 6.09 Å². The number of rotatable bonds is 6. The lowest BCUT2D eigenvalue weighted by molar-refractivity contribution is 0.143. The van der Waals surface area contributed by atoms with Crippen LogP contribution in [0.5, 0.6) is 11.5 Å². The van der Waals surface area contributed by atoms with E-state index in [9.17, 15) is 4.79 Å². The van der Waals surface area contributed by atoms with Crippen LogP contribution in [0.25, 0.3) is 0 Å². The van der Waals surface area contributed by atoms with Gasteiger partial charge in [0.25, 0.3) is 0 Å². The molecule has 2 aliphatic rings. The van der Waals surface area contributed by atoms with Crippen molar-refractivity contribution in [3.8, 4) is 11.5 Å². The second kappa shape index (κ2) is 8.28. The Balaban J connectivity index is 1.37. The van der Waals surface area contributed by atoms with Crippen molar-refractivity contribution in [3.63, 3.8) is 0 Å². The lowest BCUT2D eigenvalue weighted by Crippen LogP contribution is -2.34. The highest BCUT2D eigenvalue weighted by Gasteiger charge is 2.33. The van der Waals surface area contributed by atoms with Crippen LogP contribution in [-0.2, 0) is 11.3 Å². The van der Waals surface area contributed by atoms with Crippen LogP contribution in [0.1, 0.15) is 4.88 Å². The minimum absolute atomic E-state index is 0.231. The van der Waals surface area contributed by atoms with Gasteiger partial charge in [0.05, 0.1) is 19.6 Å². The third-order valence-electron chi connectivity index (χ3n) is 5.18. The maximum absolute atomic E-state index is 12.5. The zero-order chi connectivity index (χ0) is 20.3. The lowest BCUT2D eigenvalue weighted by Gasteiger charge is -2.28. The molecule has 1 saturated heterocycles. The normalized spacial score (nSPS) is 17.7. The second-order valence-electron chi connectivity index (χ2n) is 7.24. The molecule has 0 N–H and O–H groups in total. The Kier molecular flexibility index (Phi) is 5.19. The largest absolute Gasteiger partial charge is 0.486 e. The number of para-hydroxylation sites is 1. The standard InChI is InChI=1S/C23H22N2O4S/c26-23-25(17-5-2-1-3-6-17)15-19(29-23)14-24(16-20-7-4-12-30-20)18-8-9-21-22(13-18)28-11-10-27-21/h1-9,12-13,19H,10-11,14-16H2. The molecular weight excluding hydrogens is 400 g/mol. The summed E-state index contributed by atoms with van der Waals surface area (Å²) in [6, 6.07) is 19.8. The third-order valence-corrected chi connectivity index (χ3v) is 6.04. The monoisotopic (exact) mass is 422 g/mol. The molecule has 0 saturated carbocycles. The Morgan fingerprint density at radius 3 is 2.63 bits per heavy atom. The van der Waals surface area contributed by atoms with Crippen molar-refractivity contribution in [3.05, 3.63) is 70.9 Å². The van der Waals surface area contributed by atoms with Gasteiger partial charge in [-0.1, -0.05) is 24.3 Å². The maximum Gasteiger partial charge on any atom is 0.414 e. The molecule has 30 heavy (non-hydrogen) atoms. The fourth-order valence-electron chi connectivity index (χ4n) is 3.76. The van der Waals surface area contributed by atoms with Gasteiger partial charge in [-0.2, -0.15) is 0 Å². The number of thiophene rings is 1. The van der Waals surface area contributed by atoms with E-state index in [0.717, 1.165) is 29.4 Å². The first kappa shape index (κ1) is 18.8. The molecule has 0 radical (unpaired) electrons. The van der Waals surface area contributed by atoms with Crippen LogP contribution in [0.4, 0.5) is 16.2 Å². The first-order valence-electron chi connectivity index (χ1n) is 9.96. The van der Waals surface area contributed by atoms with Crippen LogP contribution in [0.15, 0.2) is 66.0 Å². The van der Waals surface area contributed by atoms with E-state index in [0.29, 0.717) is 26.3 Å². The van der Waals surface area contributed by atoms with E-state index in [2.05, 4.69) is 22.4 Å². The third kappa shape index (κ3) is 3.93. The van der Waals surface area contributed by atoms with E-state index >= 15 is 0 Å². The van der Waals surface area contributed by atoms with E-state index in [4.69, 9.17) is 14.2 Å². The van der Waals surface area contributed by atoms with E-state index in [1.54, 1.807) is 16.2 Å². The minimum atomic E-state index is -0.301. The number of benzene rings is 2. The molecule has 1 unspecified atom stereocenters. The average molecular weight is 423 g/mol. The van der Waals surface area contributed by atoms with Gasteiger partial charge in [0.15, 0.2) is 11.5 Å². The van der Waals surface area contributed by atoms with Crippen molar-refractivity contribution in [1.82, 2.24) is 0 Å². The molecule has 0 aliphatic carbocycles. The highest BCUT2D eigenvalue weighted by molar-refractivity contribution is 7.09. The zero-order valence-corrected chi connectivity index (χ0v) is 17.2. The van der Waals surface area contributed by atoms with Gasteiger partial charge in [-0.25, -0.2) is 4.79 Å². The van der Waals surface area contributed by atoms with E-state index in [1.165, 1.54) is 4.88 Å². The Hall–Kier alpha value is -3.19. The topological polar surface area (TPSA) is 51.2 Å². The van der Waals surface area contributed by atoms with Crippen LogP contribution >= 0.6 is 11.3 Å². The van der Waals surface area contributed by atoms with Crippen molar-refractivity contribution in [2.24, 2.45) is 0 Å². The number of carbonyl (C=O) groups excluding carboxylic acids is 1. The van der Waals surface area contributed by atoms with E-state index in [1.807, 2.05) is 48.5 Å². The molecule has 1 fully saturated rings. The number of hydrogen-bond donors (Lipinski definition) is 0. The predicted octanol–water partition coefficient (Wildman–Crippen LogP) is 4.55. The van der Waals surface area contributed by atoms with Crippen molar-refractivity contribution < 1.29 is 19.0 Å². The Morgan fingerprint density at radius 2 is 1.83 bits per heavy atom. The van der Waals surface area contributed by atoms with Gasteiger partial charge in [-0.05, 0) is 35.7 Å². The number of ether oxygens (including phenoxy) is 3. The van der Waals surface area contributed by atoms with Gasteiger partial charge in [-0.15, -0.1) is 11.3 Å². The number of amides is 1. The number of carbonyl (C=O) groups is 1. The summed E-state index contributed by atoms with van der Waals surface area (Å²) in [6.07, 6.45) is -0.532. The minimum Gasteiger partial charge on any atom is -0.486 e. The Bertz CT molecular complexity index is 1010. The Morgan fingerprint density at radius 1 is 1.00 bits per heavy atom. The number of anilines is 2. The molecule has 1 aromatic heterocycles. The van der Waals surface area contributed by atoms with Crippen molar-refractivity contribution >= 4 is 28.8 Å². The summed E-state index contributed by atoms with van der Waals surface area (Å²) in [4.78, 5) is 17.6. The molecule has 3 heterocycles. The Labute approximate surface area is 179 Å². The van der Waals surface area contributed by atoms with Crippen LogP contribution in [-0.4, -0.2) is 38.5 Å². The molecule has 6 nitrogen and oxygen atoms in total. The van der Waals surface area contributed by atoms with Gasteiger partial charge in [-0.3, -0.25) is 4.90 Å². The first-order valence-corrected chi connectivity index (χ1v) is 10.8. The molecule has 0 spiro atoms. The lowest BCUT2D eigenvalue weighted by atomic mass is 10.2. The molecule has 154 valence electrons. The molecule has 1 atom stereocenters. The van der Waals surface area contributed by atoms with Gasteiger partial charge < -0.3 is 19.1 Å². The first-order chi connectivity index (χ1) is 14.8. The van der Waals surface area contributed by atoms with Gasteiger partial charge in [0.1, 0.15) is 19.3 Å². The molecule has 0 bridgehead atoms. The van der Waals surface area contributed by atoms with E-state index in [-0.39, 0.29) is 12.2 Å². The van der Waals surface area contributed by atoms with Crippen LogP contribution in [0.2, 0.25) is 0 Å². The van der Waals surface area contributed by atoms with Crippen LogP contribution < -0.4 is 19.3 Å². The summed E-state index contributed by atoms with van der Waals surface area (Å²) < 4.78 is 17.1. The number of hydrogen-bond acceptors (Lipinski definition) is 6. The summed E-state index contributed by atoms with van der Waals surface area (Å²) in [7, 11) is 0. The van der Waals surface area contributed by atoms with Crippen LogP contribution in [0.3, 0.4) is 0 Å². The summed E-state index contributed by atoms with van der Waals surface area (Å²) in [5.41, 5.74) is 1.87. The van der Waals surface area contributed by atoms with E-state index < -0.39 is 0 Å². The van der Waals surface area contributed by atoms with Crippen molar-refractivity contribution in [2.45, 2.75) is 12.6 Å². The summed E-state index contributed by atoms with van der Waals surface area (Å²) >= 11 is 1.71. The molecule has 5 rings (SSSR count). The summed E-state index contributed by atoms with van der Waals surface area (Å²) in [5.74, 6) is 1.52. The van der Waals surface area contributed by atoms with Crippen molar-refractivity contribution in [2.75, 3.05) is 36.1 Å². The highest BCUT2D eigenvalue weighted by atomic mass is 32.1. The molecule has 3 aromatic rings. The molecule has 2 aromatic carbocycles. The molecule has 2 aliphatic heterocycles. The van der Waals surface area contributed by atoms with Crippen LogP contribution in [0, 0.1) is 0 Å². The number of cyclic esters (lactones) is 1. The molecular formula is C23H22N2O4S. The van der Waals surface area contributed by atoms with Crippen molar-refractivity contribution in [1.29, 1.82) is 0 Å². The van der Waals surface area contributed by atoms with Gasteiger partial charge in [0.2, 0.25) is 0 Å². The SMILES string of the molecule is O=C1OC(CN(Cc2cccs2)c2ccc3c(c2)OCCO3)CN1c1ccccc1. The fraction of sp³-hybridized carbons (Fsp3) is 0.261. The zero-order valence-electron chi connectivity index (χ0n) is 16.4. The number of fused-ring (bicyclic) bond motifs is 1. The molecule has 7 heteroatoms. The summed E-state index contributed by atoms with van der Waals surface area (Å²) in [6.45, 7) is 2.96. The maximum atomic E-state index is 12.5. The fourth-order valence-corrected chi connectivity index (χ4v) is 4.48. The molecule has 1 amide bonds. The average Bonchev–Trinajstić information content (AvgIpc) is 3.43. The number of nitrogens with zero attached hydrogens (tertiary/aromatic N) is 2. The van der Waals surface area contributed by atoms with Gasteiger partial charge in [0, 0.05) is 22.3 Å². The second-order valence-corrected chi connectivity index (χ2v) is 8.27. The predicted molar refractivity (Wildman–Crippen MR) is 117 cm³/mol. The highest BCUT2D eigenvalue weighted by Crippen LogP contribution is 2.35.